The number of rotatable bonds is 1. The lowest BCUT2D eigenvalue weighted by molar-refractivity contribution is -0.319. The molecule has 2 bridgehead atoms. The second-order valence-electron chi connectivity index (χ2n) is 8.97. The smallest absolute Gasteiger partial charge is 0.314 e. The lowest BCUT2D eigenvalue weighted by Crippen LogP contribution is -2.68. The van der Waals surface area contributed by atoms with Gasteiger partial charge in [0.25, 0.3) is 0 Å². The van der Waals surface area contributed by atoms with Crippen molar-refractivity contribution in [2.75, 3.05) is 13.7 Å². The first-order chi connectivity index (χ1) is 12.5. The molecule has 0 amide bonds. The summed E-state index contributed by atoms with van der Waals surface area (Å²) in [6.07, 6.45) is 6.55. The number of carbonyl (C=O) groups is 1. The molecule has 1 N–H and O–H groups in total. The highest BCUT2D eigenvalue weighted by atomic mass is 16.6. The number of esters is 1. The van der Waals surface area contributed by atoms with E-state index in [2.05, 4.69) is 13.0 Å². The van der Waals surface area contributed by atoms with Gasteiger partial charge >= 0.3 is 5.97 Å². The number of aliphatic hydroxyl groups excluding tert-OH is 1. The fourth-order valence-corrected chi connectivity index (χ4v) is 7.35. The largest absolute Gasteiger partial charge is 0.469 e. The zero-order chi connectivity index (χ0) is 18.1. The average Bonchev–Trinajstić information content (AvgIpc) is 3.13. The van der Waals surface area contributed by atoms with Gasteiger partial charge in [-0.05, 0) is 61.0 Å². The molecule has 2 heterocycles. The van der Waals surface area contributed by atoms with Crippen LogP contribution < -0.4 is 0 Å². The van der Waals surface area contributed by atoms with E-state index in [-0.39, 0.29) is 29.8 Å². The van der Waals surface area contributed by atoms with E-state index in [0.717, 1.165) is 44.3 Å². The molecule has 4 aliphatic rings. The van der Waals surface area contributed by atoms with E-state index < -0.39 is 11.7 Å². The normalized spacial score (nSPS) is 46.7. The molecule has 5 nitrogen and oxygen atoms in total. The Labute approximate surface area is 154 Å². The molecule has 1 aromatic rings. The van der Waals surface area contributed by atoms with Gasteiger partial charge in [0.2, 0.25) is 0 Å². The molecule has 0 spiro atoms. The summed E-state index contributed by atoms with van der Waals surface area (Å²) >= 11 is 0. The Morgan fingerprint density at radius 1 is 1.35 bits per heavy atom. The van der Waals surface area contributed by atoms with Crippen LogP contribution in [-0.4, -0.2) is 31.1 Å². The van der Waals surface area contributed by atoms with Gasteiger partial charge in [-0.3, -0.25) is 4.79 Å². The highest BCUT2D eigenvalue weighted by Gasteiger charge is 2.69. The van der Waals surface area contributed by atoms with Crippen molar-refractivity contribution in [1.82, 2.24) is 0 Å². The molecule has 0 radical (unpaired) electrons. The second-order valence-corrected chi connectivity index (χ2v) is 8.97. The van der Waals surface area contributed by atoms with E-state index in [1.807, 2.05) is 0 Å². The van der Waals surface area contributed by atoms with Crippen molar-refractivity contribution in [3.05, 3.63) is 23.7 Å². The Bertz CT molecular complexity index is 726. The fourth-order valence-electron chi connectivity index (χ4n) is 7.35. The van der Waals surface area contributed by atoms with Gasteiger partial charge in [-0.25, -0.2) is 0 Å². The Balaban J connectivity index is 1.63. The van der Waals surface area contributed by atoms with Crippen LogP contribution >= 0.6 is 0 Å². The van der Waals surface area contributed by atoms with E-state index >= 15 is 0 Å². The number of hydrogen-bond donors (Lipinski definition) is 1. The Morgan fingerprint density at radius 2 is 2.19 bits per heavy atom. The Hall–Kier alpha value is -1.33. The van der Waals surface area contributed by atoms with E-state index in [0.29, 0.717) is 11.8 Å². The molecule has 1 saturated heterocycles. The third-order valence-electron chi connectivity index (χ3n) is 8.41. The van der Waals surface area contributed by atoms with E-state index in [1.54, 1.807) is 6.26 Å². The fraction of sp³-hybridized carbons (Fsp3) is 0.762. The maximum absolute atomic E-state index is 12.8. The predicted molar refractivity (Wildman–Crippen MR) is 93.2 cm³/mol. The van der Waals surface area contributed by atoms with Gasteiger partial charge in [-0.15, -0.1) is 0 Å². The van der Waals surface area contributed by atoms with Crippen LogP contribution in [0.25, 0.3) is 0 Å². The minimum Gasteiger partial charge on any atom is -0.469 e. The summed E-state index contributed by atoms with van der Waals surface area (Å²) < 4.78 is 16.9. The molecule has 0 aromatic carbocycles. The maximum Gasteiger partial charge on any atom is 0.314 e. The van der Waals surface area contributed by atoms with Gasteiger partial charge in [0.15, 0.2) is 6.29 Å². The molecular formula is C21H28O5. The van der Waals surface area contributed by atoms with Crippen molar-refractivity contribution in [3.63, 3.8) is 0 Å². The maximum atomic E-state index is 12.8. The number of carbonyl (C=O) groups excluding carboxylic acids is 1. The molecule has 1 aliphatic heterocycles. The highest BCUT2D eigenvalue weighted by molar-refractivity contribution is 5.78. The number of aliphatic hydroxyl groups is 1. The van der Waals surface area contributed by atoms with Crippen LogP contribution in [0.5, 0.6) is 0 Å². The van der Waals surface area contributed by atoms with Gasteiger partial charge in [0.1, 0.15) is 5.76 Å². The van der Waals surface area contributed by atoms with Gasteiger partial charge in [-0.2, -0.15) is 0 Å². The number of ether oxygens (including phenoxy) is 2. The Morgan fingerprint density at radius 3 is 3.00 bits per heavy atom. The number of hydrogen-bond acceptors (Lipinski definition) is 5. The van der Waals surface area contributed by atoms with Crippen molar-refractivity contribution in [2.24, 2.45) is 28.6 Å². The zero-order valence-electron chi connectivity index (χ0n) is 15.6. The first kappa shape index (κ1) is 16.8. The Kier molecular flexibility index (Phi) is 3.61. The molecule has 5 heteroatoms. The summed E-state index contributed by atoms with van der Waals surface area (Å²) in [5.74, 6) is 2.24. The van der Waals surface area contributed by atoms with Gasteiger partial charge < -0.3 is 19.0 Å². The minimum absolute atomic E-state index is 0.130. The highest BCUT2D eigenvalue weighted by Crippen LogP contribution is 2.68. The average molecular weight is 360 g/mol. The number of methoxy groups -OCH3 is 1. The van der Waals surface area contributed by atoms with Gasteiger partial charge in [0.05, 0.1) is 25.4 Å². The third-order valence-corrected chi connectivity index (χ3v) is 8.41. The molecule has 2 saturated carbocycles. The van der Waals surface area contributed by atoms with E-state index in [9.17, 15) is 9.90 Å². The molecule has 3 fully saturated rings. The number of fused-ring (bicyclic) bond motifs is 2. The quantitative estimate of drug-likeness (QED) is 0.779. The SMILES string of the molecule is COC(=O)[C@@]12CCC[C@@]3([C@H](O)OC1)[C@H]1Cc4occc4[C@H](C)[C@@H]1CC[C@@H]23. The summed E-state index contributed by atoms with van der Waals surface area (Å²) in [7, 11) is 1.47. The minimum atomic E-state index is -0.804. The lowest BCUT2D eigenvalue weighted by atomic mass is 9.41. The second kappa shape index (κ2) is 5.59. The monoisotopic (exact) mass is 360 g/mol. The summed E-state index contributed by atoms with van der Waals surface area (Å²) in [5.41, 5.74) is 0.360. The first-order valence-electron chi connectivity index (χ1n) is 9.99. The van der Waals surface area contributed by atoms with Crippen LogP contribution in [0.3, 0.4) is 0 Å². The van der Waals surface area contributed by atoms with Crippen molar-refractivity contribution in [2.45, 2.75) is 57.7 Å². The van der Waals surface area contributed by atoms with Crippen molar-refractivity contribution in [3.8, 4) is 0 Å². The first-order valence-corrected chi connectivity index (χ1v) is 9.99. The zero-order valence-corrected chi connectivity index (χ0v) is 15.6. The molecule has 1 aromatic heterocycles. The molecule has 142 valence electrons. The van der Waals surface area contributed by atoms with E-state index in [1.165, 1.54) is 12.7 Å². The predicted octanol–water partition coefficient (Wildman–Crippen LogP) is 3.26. The standard InChI is InChI=1S/C21H28O5/c1-12-13-4-5-17-20(18(22)24-2)7-3-8-21(17,19(23)26-11-20)15(13)10-16-14(12)6-9-25-16/h6,9,12-13,15,17,19,23H,3-5,7-8,10-11H2,1-2H3/t12-,13+,15+,17+,19-,20+,21-/m1/s1. The number of furan rings is 1. The van der Waals surface area contributed by atoms with Crippen LogP contribution in [0.15, 0.2) is 16.7 Å². The molecule has 26 heavy (non-hydrogen) atoms. The van der Waals surface area contributed by atoms with E-state index in [4.69, 9.17) is 13.9 Å². The summed E-state index contributed by atoms with van der Waals surface area (Å²) in [6, 6.07) is 2.10. The molecule has 0 unspecified atom stereocenters. The van der Waals surface area contributed by atoms with Crippen molar-refractivity contribution >= 4 is 5.97 Å². The van der Waals surface area contributed by atoms with Crippen LogP contribution in [-0.2, 0) is 20.7 Å². The van der Waals surface area contributed by atoms with Crippen molar-refractivity contribution < 1.29 is 23.8 Å². The third kappa shape index (κ3) is 1.86. The van der Waals surface area contributed by atoms with Crippen LogP contribution in [0, 0.1) is 28.6 Å². The van der Waals surface area contributed by atoms with Gasteiger partial charge in [0, 0.05) is 11.8 Å². The molecule has 7 atom stereocenters. The molecular weight excluding hydrogens is 332 g/mol. The molecule has 5 rings (SSSR count). The molecule has 3 aliphatic carbocycles. The van der Waals surface area contributed by atoms with Crippen LogP contribution in [0.4, 0.5) is 0 Å². The topological polar surface area (TPSA) is 68.9 Å². The summed E-state index contributed by atoms with van der Waals surface area (Å²) in [5, 5.41) is 11.1. The van der Waals surface area contributed by atoms with Gasteiger partial charge in [-0.1, -0.05) is 13.3 Å². The lowest BCUT2D eigenvalue weighted by Gasteiger charge is -2.66. The summed E-state index contributed by atoms with van der Waals surface area (Å²) in [6.45, 7) is 2.57. The summed E-state index contributed by atoms with van der Waals surface area (Å²) in [4.78, 5) is 12.8. The van der Waals surface area contributed by atoms with Crippen LogP contribution in [0.2, 0.25) is 0 Å². The van der Waals surface area contributed by atoms with Crippen molar-refractivity contribution in [1.29, 1.82) is 0 Å². The van der Waals surface area contributed by atoms with Crippen LogP contribution in [0.1, 0.15) is 56.3 Å².